The van der Waals surface area contributed by atoms with Crippen LogP contribution in [0.2, 0.25) is 0 Å². The summed E-state index contributed by atoms with van der Waals surface area (Å²) in [5, 5.41) is 13.0. The molecule has 1 unspecified atom stereocenters. The molecule has 1 aromatic rings. The van der Waals surface area contributed by atoms with E-state index in [0.717, 1.165) is 0 Å². The minimum absolute atomic E-state index is 0.146. The zero-order valence-corrected chi connectivity index (χ0v) is 12.1. The molecule has 0 radical (unpaired) electrons. The summed E-state index contributed by atoms with van der Waals surface area (Å²) in [6.45, 7) is 2.28. The zero-order valence-electron chi connectivity index (χ0n) is 11.3. The van der Waals surface area contributed by atoms with Crippen molar-refractivity contribution in [2.24, 2.45) is 0 Å². The van der Waals surface area contributed by atoms with Gasteiger partial charge in [-0.05, 0) is 31.9 Å². The first-order valence-corrected chi connectivity index (χ1v) is 7.80. The van der Waals surface area contributed by atoms with Crippen LogP contribution in [0.25, 0.3) is 0 Å². The monoisotopic (exact) mass is 284 g/mol. The van der Waals surface area contributed by atoms with Gasteiger partial charge in [-0.15, -0.1) is 0 Å². The summed E-state index contributed by atoms with van der Waals surface area (Å²) in [4.78, 5) is 0.259. The molecule has 1 aliphatic rings. The second-order valence-corrected chi connectivity index (χ2v) is 7.09. The van der Waals surface area contributed by atoms with Crippen molar-refractivity contribution >= 4 is 15.7 Å². The maximum absolute atomic E-state index is 12.6. The van der Waals surface area contributed by atoms with Gasteiger partial charge in [-0.25, -0.2) is 8.42 Å². The molecule has 1 aliphatic heterocycles. The Hall–Kier alpha value is -1.11. The normalized spacial score (nSPS) is 25.2. The fourth-order valence-electron chi connectivity index (χ4n) is 2.42. The predicted molar refractivity (Wildman–Crippen MR) is 74.6 cm³/mol. The second kappa shape index (κ2) is 5.11. The molecule has 1 atom stereocenters. The van der Waals surface area contributed by atoms with E-state index < -0.39 is 15.6 Å². The number of β-amino-alcohol motifs (C(OH)–C–C–N with tert-alkyl or cyclic N) is 1. The fourth-order valence-corrected chi connectivity index (χ4v) is 4.21. The number of rotatable bonds is 3. The third kappa shape index (κ3) is 2.91. The summed E-state index contributed by atoms with van der Waals surface area (Å²) in [6.07, 6.45) is 1.31. The van der Waals surface area contributed by atoms with E-state index >= 15 is 0 Å². The molecule has 2 rings (SSSR count). The Morgan fingerprint density at radius 2 is 2.05 bits per heavy atom. The molecule has 6 heteroatoms. The average Bonchev–Trinajstić information content (AvgIpc) is 2.37. The molecule has 1 fully saturated rings. The first-order chi connectivity index (χ1) is 8.87. The van der Waals surface area contributed by atoms with Gasteiger partial charge in [0.1, 0.15) is 4.90 Å². The van der Waals surface area contributed by atoms with Gasteiger partial charge in [-0.3, -0.25) is 0 Å². The molecule has 106 valence electrons. The smallest absolute Gasteiger partial charge is 0.245 e. The van der Waals surface area contributed by atoms with Gasteiger partial charge < -0.3 is 10.4 Å². The fraction of sp³-hybridized carbons (Fsp3) is 0.538. The number of nitrogens with one attached hydrogen (secondary N) is 1. The molecule has 19 heavy (non-hydrogen) atoms. The van der Waals surface area contributed by atoms with Crippen molar-refractivity contribution in [1.82, 2.24) is 4.31 Å². The Balaban J connectivity index is 2.37. The first-order valence-electron chi connectivity index (χ1n) is 6.36. The molecule has 1 aromatic carbocycles. The van der Waals surface area contributed by atoms with Crippen molar-refractivity contribution in [3.63, 3.8) is 0 Å². The molecule has 0 amide bonds. The minimum atomic E-state index is -3.56. The summed E-state index contributed by atoms with van der Waals surface area (Å²) in [6, 6.07) is 6.81. The Morgan fingerprint density at radius 1 is 1.37 bits per heavy atom. The van der Waals surface area contributed by atoms with Crippen molar-refractivity contribution in [2.45, 2.75) is 30.3 Å². The van der Waals surface area contributed by atoms with Crippen molar-refractivity contribution in [2.75, 3.05) is 25.5 Å². The molecule has 1 heterocycles. The third-order valence-electron chi connectivity index (χ3n) is 3.41. The molecule has 0 aromatic heterocycles. The Morgan fingerprint density at radius 3 is 2.68 bits per heavy atom. The molecular weight excluding hydrogens is 264 g/mol. The number of piperidine rings is 1. The lowest BCUT2D eigenvalue weighted by molar-refractivity contribution is 0.00941. The molecule has 0 saturated carbocycles. The lowest BCUT2D eigenvalue weighted by Gasteiger charge is -2.36. The molecule has 1 saturated heterocycles. The number of sulfonamides is 1. The second-order valence-electron chi connectivity index (χ2n) is 5.19. The van der Waals surface area contributed by atoms with Gasteiger partial charge in [0.15, 0.2) is 0 Å². The van der Waals surface area contributed by atoms with Crippen LogP contribution in [0.4, 0.5) is 5.69 Å². The number of hydrogen-bond donors (Lipinski definition) is 2. The van der Waals surface area contributed by atoms with Gasteiger partial charge in [-0.1, -0.05) is 12.1 Å². The van der Waals surface area contributed by atoms with Crippen molar-refractivity contribution in [1.29, 1.82) is 0 Å². The van der Waals surface area contributed by atoms with Gasteiger partial charge in [0.05, 0.1) is 11.3 Å². The van der Waals surface area contributed by atoms with Crippen molar-refractivity contribution in [3.8, 4) is 0 Å². The van der Waals surface area contributed by atoms with Crippen LogP contribution in [0, 0.1) is 0 Å². The number of hydrogen-bond acceptors (Lipinski definition) is 4. The molecule has 2 N–H and O–H groups in total. The Labute approximate surface area is 114 Å². The highest BCUT2D eigenvalue weighted by atomic mass is 32.2. The summed E-state index contributed by atoms with van der Waals surface area (Å²) in [7, 11) is -1.87. The van der Waals surface area contributed by atoms with Crippen LogP contribution < -0.4 is 5.32 Å². The molecule has 0 bridgehead atoms. The van der Waals surface area contributed by atoms with Crippen LogP contribution in [0.1, 0.15) is 19.8 Å². The van der Waals surface area contributed by atoms with Crippen LogP contribution in [-0.2, 0) is 10.0 Å². The number of benzene rings is 1. The Kier molecular flexibility index (Phi) is 3.85. The van der Waals surface area contributed by atoms with E-state index in [1.165, 1.54) is 4.31 Å². The highest BCUT2D eigenvalue weighted by Crippen LogP contribution is 2.29. The third-order valence-corrected chi connectivity index (χ3v) is 5.32. The molecule has 0 aliphatic carbocycles. The molecule has 5 nitrogen and oxygen atoms in total. The summed E-state index contributed by atoms with van der Waals surface area (Å²) < 4.78 is 26.6. The van der Waals surface area contributed by atoms with Crippen LogP contribution in [0.3, 0.4) is 0 Å². The van der Waals surface area contributed by atoms with Crippen LogP contribution in [0.5, 0.6) is 0 Å². The van der Waals surface area contributed by atoms with E-state index in [0.29, 0.717) is 25.1 Å². The topological polar surface area (TPSA) is 69.6 Å². The standard InChI is InChI=1S/C13H20N2O3S/c1-13(16)8-5-9-15(10-13)19(17,18)12-7-4-3-6-11(12)14-2/h3-4,6-7,14,16H,5,8-10H2,1-2H3. The number of anilines is 1. The highest BCUT2D eigenvalue weighted by Gasteiger charge is 2.36. The number of para-hydroxylation sites is 1. The number of nitrogens with zero attached hydrogens (tertiary/aromatic N) is 1. The summed E-state index contributed by atoms with van der Waals surface area (Å²) >= 11 is 0. The maximum Gasteiger partial charge on any atom is 0.245 e. The average molecular weight is 284 g/mol. The van der Waals surface area contributed by atoms with Crippen molar-refractivity contribution in [3.05, 3.63) is 24.3 Å². The summed E-state index contributed by atoms with van der Waals surface area (Å²) in [5.74, 6) is 0. The van der Waals surface area contributed by atoms with E-state index in [9.17, 15) is 13.5 Å². The van der Waals surface area contributed by atoms with E-state index in [-0.39, 0.29) is 11.4 Å². The van der Waals surface area contributed by atoms with Crippen LogP contribution in [0.15, 0.2) is 29.2 Å². The Bertz CT molecular complexity index is 555. The lowest BCUT2D eigenvalue weighted by atomic mass is 9.97. The predicted octanol–water partition coefficient (Wildman–Crippen LogP) is 1.26. The zero-order chi connectivity index (χ0) is 14.1. The minimum Gasteiger partial charge on any atom is -0.389 e. The van der Waals surface area contributed by atoms with E-state index in [1.54, 1.807) is 38.2 Å². The van der Waals surface area contributed by atoms with Gasteiger partial charge >= 0.3 is 0 Å². The summed E-state index contributed by atoms with van der Waals surface area (Å²) in [5.41, 5.74) is -0.368. The van der Waals surface area contributed by atoms with Crippen LogP contribution in [-0.4, -0.2) is 43.6 Å². The van der Waals surface area contributed by atoms with Gasteiger partial charge in [0.2, 0.25) is 10.0 Å². The van der Waals surface area contributed by atoms with Gasteiger partial charge in [0, 0.05) is 20.1 Å². The van der Waals surface area contributed by atoms with E-state index in [1.807, 2.05) is 0 Å². The quantitative estimate of drug-likeness (QED) is 0.877. The van der Waals surface area contributed by atoms with Gasteiger partial charge in [-0.2, -0.15) is 4.31 Å². The van der Waals surface area contributed by atoms with E-state index in [2.05, 4.69) is 5.32 Å². The molecular formula is C13H20N2O3S. The maximum atomic E-state index is 12.6. The van der Waals surface area contributed by atoms with Crippen molar-refractivity contribution < 1.29 is 13.5 Å². The van der Waals surface area contributed by atoms with Crippen LogP contribution >= 0.6 is 0 Å². The SMILES string of the molecule is CNc1ccccc1S(=O)(=O)N1CCCC(C)(O)C1. The largest absolute Gasteiger partial charge is 0.389 e. The first kappa shape index (κ1) is 14.3. The van der Waals surface area contributed by atoms with E-state index in [4.69, 9.17) is 0 Å². The lowest BCUT2D eigenvalue weighted by Crippen LogP contribution is -2.48. The van der Waals surface area contributed by atoms with Gasteiger partial charge in [0.25, 0.3) is 0 Å². The number of aliphatic hydroxyl groups is 1. The highest BCUT2D eigenvalue weighted by molar-refractivity contribution is 7.89. The molecule has 0 spiro atoms.